The summed E-state index contributed by atoms with van der Waals surface area (Å²) in [6.07, 6.45) is 1.49. The molecule has 0 saturated carbocycles. The number of rotatable bonds is 2. The molecule has 2 aromatic carbocycles. The first-order chi connectivity index (χ1) is 13.3. The molecule has 1 atom stereocenters. The van der Waals surface area contributed by atoms with Gasteiger partial charge in [-0.3, -0.25) is 4.79 Å². The summed E-state index contributed by atoms with van der Waals surface area (Å²) in [4.78, 5) is 28.0. The number of hydrogen-bond donors (Lipinski definition) is 2. The number of carbonyl (C=O) groups excluding carboxylic acids is 2. The molecule has 2 heterocycles. The number of benzene rings is 2. The summed E-state index contributed by atoms with van der Waals surface area (Å²) in [5.41, 5.74) is -3.17. The summed E-state index contributed by atoms with van der Waals surface area (Å²) < 4.78 is 29.6. The molecule has 9 heteroatoms. The van der Waals surface area contributed by atoms with Crippen LogP contribution < -0.4 is 10.2 Å². The second-order valence-corrected chi connectivity index (χ2v) is 7.61. The zero-order valence-corrected chi connectivity index (χ0v) is 16.2. The average Bonchev–Trinajstić information content (AvgIpc) is 3.19. The molecule has 2 aliphatic heterocycles. The number of nitrogens with one attached hydrogen (secondary N) is 1. The third-order valence-corrected chi connectivity index (χ3v) is 5.47. The van der Waals surface area contributed by atoms with E-state index in [1.807, 2.05) is 0 Å². The normalized spacial score (nSPS) is 21.5. The van der Waals surface area contributed by atoms with E-state index in [1.165, 1.54) is 17.0 Å². The molecule has 1 saturated heterocycles. The Hall–Kier alpha value is -2.52. The highest BCUT2D eigenvalue weighted by Gasteiger charge is 2.55. The lowest BCUT2D eigenvalue weighted by Gasteiger charge is -2.44. The van der Waals surface area contributed by atoms with Crippen LogP contribution in [0, 0.1) is 11.6 Å². The minimum Gasteiger partial charge on any atom is -0.359 e. The van der Waals surface area contributed by atoms with Gasteiger partial charge in [-0.2, -0.15) is 0 Å². The zero-order chi connectivity index (χ0) is 20.1. The summed E-state index contributed by atoms with van der Waals surface area (Å²) in [6.45, 7) is 0.777. The molecule has 0 radical (unpaired) electrons. The maximum atomic E-state index is 14.5. The number of urea groups is 1. The Kier molecular flexibility index (Phi) is 4.59. The van der Waals surface area contributed by atoms with Gasteiger partial charge in [-0.15, -0.1) is 0 Å². The Morgan fingerprint density at radius 1 is 1.14 bits per heavy atom. The minimum atomic E-state index is -2.60. The molecule has 6 nitrogen and oxygen atoms in total. The zero-order valence-electron chi connectivity index (χ0n) is 14.6. The molecule has 146 valence electrons. The molecular weight excluding hydrogens is 436 g/mol. The fourth-order valence-electron chi connectivity index (χ4n) is 3.67. The van der Waals surface area contributed by atoms with Crippen LogP contribution in [0.15, 0.2) is 40.9 Å². The van der Waals surface area contributed by atoms with Crippen molar-refractivity contribution in [3.05, 3.63) is 58.1 Å². The molecule has 0 aliphatic carbocycles. The summed E-state index contributed by atoms with van der Waals surface area (Å²) in [5, 5.41) is 14.1. The van der Waals surface area contributed by atoms with Gasteiger partial charge < -0.3 is 15.3 Å². The number of para-hydroxylation sites is 1. The van der Waals surface area contributed by atoms with Crippen molar-refractivity contribution < 1.29 is 23.5 Å². The SMILES string of the molecule is O=C1Nc2ccc(Br)cc2C(O)(C(=O)N2CCCC2)N1c1c(F)cccc1F. The lowest BCUT2D eigenvalue weighted by Crippen LogP contribution is -2.63. The van der Waals surface area contributed by atoms with E-state index in [4.69, 9.17) is 0 Å². The largest absolute Gasteiger partial charge is 0.359 e. The van der Waals surface area contributed by atoms with Crippen molar-refractivity contribution in [2.75, 3.05) is 23.3 Å². The quantitative estimate of drug-likeness (QED) is 0.733. The number of carbonyl (C=O) groups is 2. The number of likely N-dealkylation sites (tertiary alicyclic amines) is 1. The van der Waals surface area contributed by atoms with Crippen molar-refractivity contribution in [2.45, 2.75) is 18.6 Å². The van der Waals surface area contributed by atoms with Gasteiger partial charge in [-0.1, -0.05) is 22.0 Å². The van der Waals surface area contributed by atoms with E-state index in [2.05, 4.69) is 21.2 Å². The smallest absolute Gasteiger partial charge is 0.329 e. The standard InChI is InChI=1S/C19H16BrF2N3O3/c20-11-6-7-15-12(10-11)19(28,17(26)24-8-1-2-9-24)25(18(27)23-15)16-13(21)4-3-5-14(16)22/h3-7,10,28H,1-2,8-9H2,(H,23,27). The highest BCUT2D eigenvalue weighted by atomic mass is 79.9. The summed E-state index contributed by atoms with van der Waals surface area (Å²) in [6, 6.07) is 6.64. The maximum Gasteiger partial charge on any atom is 0.329 e. The monoisotopic (exact) mass is 451 g/mol. The van der Waals surface area contributed by atoms with Crippen molar-refractivity contribution >= 4 is 39.2 Å². The van der Waals surface area contributed by atoms with E-state index in [9.17, 15) is 23.5 Å². The maximum absolute atomic E-state index is 14.5. The van der Waals surface area contributed by atoms with Crippen molar-refractivity contribution in [2.24, 2.45) is 0 Å². The third-order valence-electron chi connectivity index (χ3n) is 4.98. The van der Waals surface area contributed by atoms with Crippen LogP contribution in [-0.2, 0) is 10.5 Å². The molecule has 0 spiro atoms. The lowest BCUT2D eigenvalue weighted by molar-refractivity contribution is -0.150. The van der Waals surface area contributed by atoms with E-state index >= 15 is 0 Å². The fourth-order valence-corrected chi connectivity index (χ4v) is 4.03. The molecule has 4 rings (SSSR count). The van der Waals surface area contributed by atoms with Crippen LogP contribution in [0.2, 0.25) is 0 Å². The van der Waals surface area contributed by atoms with Gasteiger partial charge in [-0.05, 0) is 43.2 Å². The first-order valence-electron chi connectivity index (χ1n) is 8.71. The van der Waals surface area contributed by atoms with Gasteiger partial charge in [0.1, 0.15) is 17.3 Å². The molecule has 2 aromatic rings. The fraction of sp³-hybridized carbons (Fsp3) is 0.263. The topological polar surface area (TPSA) is 72.9 Å². The number of halogens is 3. The van der Waals surface area contributed by atoms with Crippen LogP contribution in [-0.4, -0.2) is 35.0 Å². The van der Waals surface area contributed by atoms with Gasteiger partial charge in [0.15, 0.2) is 0 Å². The van der Waals surface area contributed by atoms with E-state index in [-0.39, 0.29) is 11.3 Å². The van der Waals surface area contributed by atoms with E-state index < -0.39 is 35.0 Å². The van der Waals surface area contributed by atoms with Gasteiger partial charge >= 0.3 is 6.03 Å². The van der Waals surface area contributed by atoms with Gasteiger partial charge in [0.05, 0.1) is 5.69 Å². The number of hydrogen-bond acceptors (Lipinski definition) is 3. The van der Waals surface area contributed by atoms with Gasteiger partial charge in [0.2, 0.25) is 0 Å². The molecule has 28 heavy (non-hydrogen) atoms. The Morgan fingerprint density at radius 3 is 2.43 bits per heavy atom. The van der Waals surface area contributed by atoms with Crippen LogP contribution in [0.1, 0.15) is 18.4 Å². The summed E-state index contributed by atoms with van der Waals surface area (Å²) >= 11 is 3.28. The second kappa shape index (κ2) is 6.82. The first kappa shape index (κ1) is 18.8. The number of fused-ring (bicyclic) bond motifs is 1. The number of nitrogens with zero attached hydrogens (tertiary/aromatic N) is 2. The summed E-state index contributed by atoms with van der Waals surface area (Å²) in [5.74, 6) is -2.94. The lowest BCUT2D eigenvalue weighted by atomic mass is 9.94. The Labute approximate surface area is 167 Å². The van der Waals surface area contributed by atoms with Crippen molar-refractivity contribution in [1.29, 1.82) is 0 Å². The highest BCUT2D eigenvalue weighted by Crippen LogP contribution is 2.43. The predicted molar refractivity (Wildman–Crippen MR) is 102 cm³/mol. The third kappa shape index (κ3) is 2.77. The predicted octanol–water partition coefficient (Wildman–Crippen LogP) is 3.55. The van der Waals surface area contributed by atoms with Crippen molar-refractivity contribution in [3.63, 3.8) is 0 Å². The van der Waals surface area contributed by atoms with Crippen LogP contribution in [0.3, 0.4) is 0 Å². The highest BCUT2D eigenvalue weighted by molar-refractivity contribution is 9.10. The van der Waals surface area contributed by atoms with Crippen LogP contribution >= 0.6 is 15.9 Å². The van der Waals surface area contributed by atoms with E-state index in [0.717, 1.165) is 31.0 Å². The molecule has 2 aliphatic rings. The van der Waals surface area contributed by atoms with Gasteiger partial charge in [0, 0.05) is 23.1 Å². The number of anilines is 2. The van der Waals surface area contributed by atoms with Crippen molar-refractivity contribution in [1.82, 2.24) is 4.90 Å². The van der Waals surface area contributed by atoms with Crippen LogP contribution in [0.25, 0.3) is 0 Å². The number of aliphatic hydroxyl groups is 1. The minimum absolute atomic E-state index is 0.0287. The molecule has 1 unspecified atom stereocenters. The second-order valence-electron chi connectivity index (χ2n) is 6.70. The number of amides is 3. The molecule has 2 N–H and O–H groups in total. The summed E-state index contributed by atoms with van der Waals surface area (Å²) in [7, 11) is 0. The van der Waals surface area contributed by atoms with E-state index in [0.29, 0.717) is 22.5 Å². The molecular formula is C19H16BrF2N3O3. The Bertz CT molecular complexity index is 961. The van der Waals surface area contributed by atoms with Gasteiger partial charge in [0.25, 0.3) is 11.6 Å². The first-order valence-corrected chi connectivity index (χ1v) is 9.50. The van der Waals surface area contributed by atoms with Gasteiger partial charge in [-0.25, -0.2) is 18.5 Å². The molecule has 0 bridgehead atoms. The van der Waals surface area contributed by atoms with Crippen LogP contribution in [0.4, 0.5) is 25.0 Å². The molecule has 1 fully saturated rings. The Morgan fingerprint density at radius 2 is 1.79 bits per heavy atom. The average molecular weight is 452 g/mol. The molecule has 3 amide bonds. The van der Waals surface area contributed by atoms with E-state index in [1.54, 1.807) is 6.07 Å². The Balaban J connectivity index is 1.98. The van der Waals surface area contributed by atoms with Crippen molar-refractivity contribution in [3.8, 4) is 0 Å². The van der Waals surface area contributed by atoms with Crippen LogP contribution in [0.5, 0.6) is 0 Å². The molecule has 0 aromatic heterocycles.